The van der Waals surface area contributed by atoms with Gasteiger partial charge in [-0.25, -0.2) is 0 Å². The van der Waals surface area contributed by atoms with E-state index < -0.39 is 0 Å². The molecule has 0 heterocycles. The fourth-order valence-corrected chi connectivity index (χ4v) is 2.61. The van der Waals surface area contributed by atoms with Crippen LogP contribution in [0.15, 0.2) is 18.2 Å². The molecule has 1 aliphatic carbocycles. The van der Waals surface area contributed by atoms with Crippen LogP contribution in [-0.4, -0.2) is 24.9 Å². The van der Waals surface area contributed by atoms with E-state index in [0.717, 1.165) is 32.6 Å². The fourth-order valence-electron chi connectivity index (χ4n) is 2.61. The summed E-state index contributed by atoms with van der Waals surface area (Å²) in [6, 6.07) is 6.20. The maximum Gasteiger partial charge on any atom is 0.115 e. The molecule has 0 amide bonds. The zero-order valence-electron chi connectivity index (χ0n) is 11.1. The highest BCUT2D eigenvalue weighted by Gasteiger charge is 2.19. The summed E-state index contributed by atoms with van der Waals surface area (Å²) in [4.78, 5) is 0. The van der Waals surface area contributed by atoms with Crippen LogP contribution in [0.2, 0.25) is 0 Å². The maximum absolute atomic E-state index is 9.51. The molecule has 0 bridgehead atoms. The minimum Gasteiger partial charge on any atom is -0.508 e. The van der Waals surface area contributed by atoms with E-state index in [0.29, 0.717) is 11.8 Å². The first-order valence-electron chi connectivity index (χ1n) is 6.94. The van der Waals surface area contributed by atoms with Gasteiger partial charge in [0.05, 0.1) is 0 Å². The van der Waals surface area contributed by atoms with Crippen molar-refractivity contribution < 1.29 is 9.84 Å². The predicted octanol–water partition coefficient (Wildman–Crippen LogP) is 2.79. The molecule has 0 radical (unpaired) electrons. The van der Waals surface area contributed by atoms with Gasteiger partial charge in [-0.3, -0.25) is 0 Å². The van der Waals surface area contributed by atoms with Crippen LogP contribution in [0.25, 0.3) is 0 Å². The Hall–Kier alpha value is -1.06. The first-order chi connectivity index (χ1) is 8.81. The molecule has 1 unspecified atom stereocenters. The summed E-state index contributed by atoms with van der Waals surface area (Å²) in [5, 5.41) is 13.1. The summed E-state index contributed by atoms with van der Waals surface area (Å²) in [6.07, 6.45) is 4.52. The van der Waals surface area contributed by atoms with Gasteiger partial charge in [-0.15, -0.1) is 0 Å². The largest absolute Gasteiger partial charge is 0.508 e. The molecule has 2 rings (SSSR count). The van der Waals surface area contributed by atoms with Crippen molar-refractivity contribution in [3.05, 3.63) is 29.3 Å². The Labute approximate surface area is 109 Å². The number of rotatable bonds is 6. The summed E-state index contributed by atoms with van der Waals surface area (Å²) in [5.74, 6) is 0.380. The first kappa shape index (κ1) is 13.4. The van der Waals surface area contributed by atoms with Gasteiger partial charge in [0.1, 0.15) is 5.75 Å². The predicted molar refractivity (Wildman–Crippen MR) is 72.9 cm³/mol. The van der Waals surface area contributed by atoms with E-state index in [-0.39, 0.29) is 0 Å². The molecule has 2 N–H and O–H groups in total. The van der Waals surface area contributed by atoms with Gasteiger partial charge in [0.15, 0.2) is 0 Å². The topological polar surface area (TPSA) is 41.5 Å². The van der Waals surface area contributed by atoms with Crippen LogP contribution in [0, 0.1) is 0 Å². The van der Waals surface area contributed by atoms with E-state index in [9.17, 15) is 5.11 Å². The first-order valence-corrected chi connectivity index (χ1v) is 6.94. The number of nitrogens with one attached hydrogen (secondary N) is 1. The van der Waals surface area contributed by atoms with Crippen molar-refractivity contribution in [3.63, 3.8) is 0 Å². The minimum atomic E-state index is 0.380. The quantitative estimate of drug-likeness (QED) is 0.762. The van der Waals surface area contributed by atoms with Crippen LogP contribution in [-0.2, 0) is 11.2 Å². The van der Waals surface area contributed by atoms with E-state index in [1.165, 1.54) is 24.0 Å². The lowest BCUT2D eigenvalue weighted by atomic mass is 9.87. The Bertz CT molecular complexity index is 379. The number of ether oxygens (including phenoxy) is 1. The number of phenols is 1. The van der Waals surface area contributed by atoms with Crippen molar-refractivity contribution in [1.29, 1.82) is 0 Å². The Morgan fingerprint density at radius 1 is 1.44 bits per heavy atom. The Balaban J connectivity index is 1.88. The van der Waals surface area contributed by atoms with Crippen molar-refractivity contribution in [2.45, 2.75) is 38.6 Å². The number of aromatic hydroxyl groups is 1. The van der Waals surface area contributed by atoms with Crippen molar-refractivity contribution in [2.24, 2.45) is 0 Å². The van der Waals surface area contributed by atoms with E-state index in [1.807, 2.05) is 13.0 Å². The molecule has 3 heteroatoms. The average Bonchev–Trinajstić information content (AvgIpc) is 2.38. The molecule has 100 valence electrons. The number of hydrogen-bond acceptors (Lipinski definition) is 3. The van der Waals surface area contributed by atoms with Crippen molar-refractivity contribution in [2.75, 3.05) is 19.8 Å². The molecule has 0 aromatic heterocycles. The number of hydrogen-bond donors (Lipinski definition) is 2. The number of fused-ring (bicyclic) bond motifs is 1. The third-order valence-corrected chi connectivity index (χ3v) is 3.50. The normalized spacial score (nSPS) is 18.6. The van der Waals surface area contributed by atoms with E-state index in [2.05, 4.69) is 11.4 Å². The summed E-state index contributed by atoms with van der Waals surface area (Å²) >= 11 is 0. The number of benzene rings is 1. The lowest BCUT2D eigenvalue weighted by Gasteiger charge is -2.26. The highest BCUT2D eigenvalue weighted by atomic mass is 16.5. The van der Waals surface area contributed by atoms with Gasteiger partial charge in [-0.1, -0.05) is 6.07 Å². The van der Waals surface area contributed by atoms with Crippen LogP contribution >= 0.6 is 0 Å². The van der Waals surface area contributed by atoms with Crippen LogP contribution < -0.4 is 5.32 Å². The molecular weight excluding hydrogens is 226 g/mol. The zero-order chi connectivity index (χ0) is 12.8. The summed E-state index contributed by atoms with van der Waals surface area (Å²) in [6.45, 7) is 4.65. The van der Waals surface area contributed by atoms with Gasteiger partial charge >= 0.3 is 0 Å². The standard InChI is InChI=1S/C15H23NO2/c1-2-18-10-4-9-16-15-6-3-5-12-11-13(17)7-8-14(12)15/h7-8,11,15-17H,2-6,9-10H2,1H3. The van der Waals surface area contributed by atoms with Gasteiger partial charge in [0, 0.05) is 19.3 Å². The molecular formula is C15H23NO2. The smallest absolute Gasteiger partial charge is 0.115 e. The summed E-state index contributed by atoms with van der Waals surface area (Å²) in [5.41, 5.74) is 2.65. The number of aryl methyl sites for hydroxylation is 1. The van der Waals surface area contributed by atoms with Crippen molar-refractivity contribution in [3.8, 4) is 5.75 Å². The molecule has 0 aliphatic heterocycles. The van der Waals surface area contributed by atoms with Gasteiger partial charge in [0.2, 0.25) is 0 Å². The van der Waals surface area contributed by atoms with Crippen LogP contribution in [0.4, 0.5) is 0 Å². The molecule has 18 heavy (non-hydrogen) atoms. The average molecular weight is 249 g/mol. The van der Waals surface area contributed by atoms with E-state index >= 15 is 0 Å². The second-order valence-electron chi connectivity index (χ2n) is 4.83. The highest BCUT2D eigenvalue weighted by molar-refractivity contribution is 5.38. The molecule has 1 aliphatic rings. The van der Waals surface area contributed by atoms with Crippen LogP contribution in [0.5, 0.6) is 5.75 Å². The Kier molecular flexibility index (Phi) is 5.02. The second kappa shape index (κ2) is 6.76. The summed E-state index contributed by atoms with van der Waals surface area (Å²) in [7, 11) is 0. The Morgan fingerprint density at radius 3 is 3.17 bits per heavy atom. The van der Waals surface area contributed by atoms with Gasteiger partial charge < -0.3 is 15.2 Å². The highest BCUT2D eigenvalue weighted by Crippen LogP contribution is 2.31. The van der Waals surface area contributed by atoms with Crippen molar-refractivity contribution in [1.82, 2.24) is 5.32 Å². The molecule has 1 aromatic carbocycles. The molecule has 0 fully saturated rings. The SMILES string of the molecule is CCOCCCNC1CCCc2cc(O)ccc21. The Morgan fingerprint density at radius 2 is 2.33 bits per heavy atom. The van der Waals surface area contributed by atoms with Gasteiger partial charge in [0.25, 0.3) is 0 Å². The molecule has 0 saturated carbocycles. The maximum atomic E-state index is 9.51. The minimum absolute atomic E-state index is 0.380. The van der Waals surface area contributed by atoms with E-state index in [4.69, 9.17) is 4.74 Å². The summed E-state index contributed by atoms with van der Waals surface area (Å²) < 4.78 is 5.34. The molecule has 3 nitrogen and oxygen atoms in total. The molecule has 1 atom stereocenters. The van der Waals surface area contributed by atoms with Gasteiger partial charge in [-0.05, 0) is 62.4 Å². The van der Waals surface area contributed by atoms with Crippen molar-refractivity contribution >= 4 is 0 Å². The second-order valence-corrected chi connectivity index (χ2v) is 4.83. The monoisotopic (exact) mass is 249 g/mol. The lowest BCUT2D eigenvalue weighted by molar-refractivity contribution is 0.144. The molecule has 1 aromatic rings. The van der Waals surface area contributed by atoms with Crippen LogP contribution in [0.1, 0.15) is 43.4 Å². The molecule has 0 spiro atoms. The van der Waals surface area contributed by atoms with Crippen LogP contribution in [0.3, 0.4) is 0 Å². The fraction of sp³-hybridized carbons (Fsp3) is 0.600. The van der Waals surface area contributed by atoms with E-state index in [1.54, 1.807) is 6.07 Å². The van der Waals surface area contributed by atoms with Gasteiger partial charge in [-0.2, -0.15) is 0 Å². The lowest BCUT2D eigenvalue weighted by Crippen LogP contribution is -2.26. The zero-order valence-corrected chi connectivity index (χ0v) is 11.1. The third-order valence-electron chi connectivity index (χ3n) is 3.50. The molecule has 0 saturated heterocycles. The third kappa shape index (κ3) is 3.47. The number of phenolic OH excluding ortho intramolecular Hbond substituents is 1.